The standard InChI is InChI=1S/C16H25NO3/c1-3-5-10-17(4-2)11-12-20-15-8-6-14(7-9-15)13-16(18)19/h6-9H,3-5,10-13H2,1-2H3,(H,18,19). The molecule has 4 nitrogen and oxygen atoms in total. The maximum absolute atomic E-state index is 10.6. The molecule has 0 aliphatic carbocycles. The van der Waals surface area contributed by atoms with E-state index in [4.69, 9.17) is 9.84 Å². The minimum absolute atomic E-state index is 0.0565. The summed E-state index contributed by atoms with van der Waals surface area (Å²) < 4.78 is 5.69. The summed E-state index contributed by atoms with van der Waals surface area (Å²) in [5.41, 5.74) is 0.794. The maximum atomic E-state index is 10.6. The molecule has 0 aliphatic rings. The lowest BCUT2D eigenvalue weighted by molar-refractivity contribution is -0.136. The highest BCUT2D eigenvalue weighted by atomic mass is 16.5. The fourth-order valence-electron chi connectivity index (χ4n) is 1.98. The molecule has 1 rings (SSSR count). The molecule has 1 aromatic rings. The van der Waals surface area contributed by atoms with Gasteiger partial charge in [0.25, 0.3) is 0 Å². The summed E-state index contributed by atoms with van der Waals surface area (Å²) in [5, 5.41) is 8.70. The lowest BCUT2D eigenvalue weighted by Crippen LogP contribution is -2.29. The van der Waals surface area contributed by atoms with E-state index in [2.05, 4.69) is 18.7 Å². The molecule has 0 saturated carbocycles. The van der Waals surface area contributed by atoms with E-state index < -0.39 is 5.97 Å². The van der Waals surface area contributed by atoms with E-state index in [0.29, 0.717) is 6.61 Å². The normalized spacial score (nSPS) is 10.8. The minimum Gasteiger partial charge on any atom is -0.492 e. The van der Waals surface area contributed by atoms with Crippen molar-refractivity contribution in [2.24, 2.45) is 0 Å². The predicted molar refractivity (Wildman–Crippen MR) is 80.3 cm³/mol. The van der Waals surface area contributed by atoms with Gasteiger partial charge in [0.2, 0.25) is 0 Å². The largest absolute Gasteiger partial charge is 0.492 e. The van der Waals surface area contributed by atoms with Gasteiger partial charge in [-0.2, -0.15) is 0 Å². The third-order valence-electron chi connectivity index (χ3n) is 3.23. The van der Waals surface area contributed by atoms with Crippen molar-refractivity contribution in [1.82, 2.24) is 4.90 Å². The summed E-state index contributed by atoms with van der Waals surface area (Å²) in [4.78, 5) is 13.0. The van der Waals surface area contributed by atoms with Gasteiger partial charge in [-0.05, 0) is 37.2 Å². The molecule has 20 heavy (non-hydrogen) atoms. The average molecular weight is 279 g/mol. The van der Waals surface area contributed by atoms with Crippen LogP contribution < -0.4 is 4.74 Å². The lowest BCUT2D eigenvalue weighted by atomic mass is 10.1. The number of nitrogens with zero attached hydrogens (tertiary/aromatic N) is 1. The summed E-state index contributed by atoms with van der Waals surface area (Å²) in [5.74, 6) is -0.0149. The van der Waals surface area contributed by atoms with Crippen molar-refractivity contribution < 1.29 is 14.6 Å². The van der Waals surface area contributed by atoms with E-state index in [-0.39, 0.29) is 6.42 Å². The van der Waals surface area contributed by atoms with Gasteiger partial charge < -0.3 is 14.7 Å². The van der Waals surface area contributed by atoms with Gasteiger partial charge in [-0.3, -0.25) is 4.79 Å². The first-order valence-corrected chi connectivity index (χ1v) is 7.31. The molecule has 0 amide bonds. The molecule has 1 N–H and O–H groups in total. The van der Waals surface area contributed by atoms with Gasteiger partial charge in [-0.25, -0.2) is 0 Å². The van der Waals surface area contributed by atoms with Crippen LogP contribution in [0.1, 0.15) is 32.3 Å². The smallest absolute Gasteiger partial charge is 0.307 e. The maximum Gasteiger partial charge on any atom is 0.307 e. The Kier molecular flexibility index (Phi) is 7.73. The fraction of sp³-hybridized carbons (Fsp3) is 0.562. The summed E-state index contributed by atoms with van der Waals surface area (Å²) in [7, 11) is 0. The number of benzene rings is 1. The van der Waals surface area contributed by atoms with Crippen LogP contribution in [0.25, 0.3) is 0 Å². The molecule has 0 unspecified atom stereocenters. The van der Waals surface area contributed by atoms with E-state index in [1.54, 1.807) is 12.1 Å². The van der Waals surface area contributed by atoms with Crippen molar-refractivity contribution in [3.63, 3.8) is 0 Å². The van der Waals surface area contributed by atoms with E-state index in [0.717, 1.165) is 30.9 Å². The lowest BCUT2D eigenvalue weighted by Gasteiger charge is -2.20. The number of rotatable bonds is 10. The Labute approximate surface area is 121 Å². The molecule has 4 heteroatoms. The van der Waals surface area contributed by atoms with Crippen LogP contribution in [0.3, 0.4) is 0 Å². The summed E-state index contributed by atoms with van der Waals surface area (Å²) in [6, 6.07) is 7.28. The molecule has 112 valence electrons. The Bertz CT molecular complexity index is 389. The number of likely N-dealkylation sites (N-methyl/N-ethyl adjacent to an activating group) is 1. The average Bonchev–Trinajstić information content (AvgIpc) is 2.44. The summed E-state index contributed by atoms with van der Waals surface area (Å²) in [6.07, 6.45) is 2.49. The van der Waals surface area contributed by atoms with Gasteiger partial charge in [0, 0.05) is 6.54 Å². The second kappa shape index (κ2) is 9.37. The van der Waals surface area contributed by atoms with Gasteiger partial charge in [0.15, 0.2) is 0 Å². The van der Waals surface area contributed by atoms with Crippen LogP contribution in [0.2, 0.25) is 0 Å². The number of hydrogen-bond donors (Lipinski definition) is 1. The number of ether oxygens (including phenoxy) is 1. The number of hydrogen-bond acceptors (Lipinski definition) is 3. The Morgan fingerprint density at radius 1 is 1.20 bits per heavy atom. The third kappa shape index (κ3) is 6.57. The zero-order valence-corrected chi connectivity index (χ0v) is 12.5. The zero-order chi connectivity index (χ0) is 14.8. The molecule has 0 radical (unpaired) electrons. The number of carboxylic acid groups (broad SMARTS) is 1. The summed E-state index contributed by atoms with van der Waals surface area (Å²) >= 11 is 0. The Balaban J connectivity index is 2.32. The van der Waals surface area contributed by atoms with Gasteiger partial charge in [0.05, 0.1) is 6.42 Å². The highest BCUT2D eigenvalue weighted by molar-refractivity contribution is 5.70. The molecule has 0 bridgehead atoms. The molecule has 0 aliphatic heterocycles. The van der Waals surface area contributed by atoms with Gasteiger partial charge in [-0.1, -0.05) is 32.4 Å². The van der Waals surface area contributed by atoms with Crippen molar-refractivity contribution >= 4 is 5.97 Å². The van der Waals surface area contributed by atoms with Crippen LogP contribution in [0, 0.1) is 0 Å². The molecular formula is C16H25NO3. The van der Waals surface area contributed by atoms with E-state index in [1.807, 2.05) is 12.1 Å². The summed E-state index contributed by atoms with van der Waals surface area (Å²) in [6.45, 7) is 8.11. The first kappa shape index (κ1) is 16.5. The van der Waals surface area contributed by atoms with Crippen molar-refractivity contribution in [3.05, 3.63) is 29.8 Å². The first-order chi connectivity index (χ1) is 9.65. The molecule has 0 spiro atoms. The van der Waals surface area contributed by atoms with Gasteiger partial charge >= 0.3 is 5.97 Å². The number of carboxylic acids is 1. The van der Waals surface area contributed by atoms with Crippen molar-refractivity contribution in [3.8, 4) is 5.75 Å². The van der Waals surface area contributed by atoms with Crippen LogP contribution in [-0.2, 0) is 11.2 Å². The SMILES string of the molecule is CCCCN(CC)CCOc1ccc(CC(=O)O)cc1. The van der Waals surface area contributed by atoms with Crippen LogP contribution in [0.15, 0.2) is 24.3 Å². The van der Waals surface area contributed by atoms with Gasteiger partial charge in [0.1, 0.15) is 12.4 Å². The monoisotopic (exact) mass is 279 g/mol. The molecular weight excluding hydrogens is 254 g/mol. The minimum atomic E-state index is -0.812. The molecule has 0 heterocycles. The Morgan fingerprint density at radius 3 is 2.45 bits per heavy atom. The van der Waals surface area contributed by atoms with Crippen LogP contribution in [0.5, 0.6) is 5.75 Å². The molecule has 0 fully saturated rings. The van der Waals surface area contributed by atoms with Crippen molar-refractivity contribution in [1.29, 1.82) is 0 Å². The Hall–Kier alpha value is -1.55. The quantitative estimate of drug-likeness (QED) is 0.715. The third-order valence-corrected chi connectivity index (χ3v) is 3.23. The van der Waals surface area contributed by atoms with E-state index in [9.17, 15) is 4.79 Å². The second-order valence-corrected chi connectivity index (χ2v) is 4.85. The highest BCUT2D eigenvalue weighted by Gasteiger charge is 2.03. The van der Waals surface area contributed by atoms with Crippen LogP contribution in [0.4, 0.5) is 0 Å². The molecule has 0 atom stereocenters. The zero-order valence-electron chi connectivity index (χ0n) is 12.5. The number of unbranched alkanes of at least 4 members (excludes halogenated alkanes) is 1. The van der Waals surface area contributed by atoms with Crippen molar-refractivity contribution in [2.45, 2.75) is 33.1 Å². The number of aliphatic carboxylic acids is 1. The van der Waals surface area contributed by atoms with E-state index >= 15 is 0 Å². The van der Waals surface area contributed by atoms with Crippen molar-refractivity contribution in [2.75, 3.05) is 26.2 Å². The fourth-order valence-corrected chi connectivity index (χ4v) is 1.98. The van der Waals surface area contributed by atoms with Crippen LogP contribution in [-0.4, -0.2) is 42.2 Å². The molecule has 0 aromatic heterocycles. The molecule has 0 saturated heterocycles. The predicted octanol–water partition coefficient (Wildman–Crippen LogP) is 2.81. The number of carbonyl (C=O) groups is 1. The topological polar surface area (TPSA) is 49.8 Å². The second-order valence-electron chi connectivity index (χ2n) is 4.85. The first-order valence-electron chi connectivity index (χ1n) is 7.31. The van der Waals surface area contributed by atoms with Gasteiger partial charge in [-0.15, -0.1) is 0 Å². The van der Waals surface area contributed by atoms with Crippen LogP contribution >= 0.6 is 0 Å². The Morgan fingerprint density at radius 2 is 1.90 bits per heavy atom. The molecule has 1 aromatic carbocycles. The highest BCUT2D eigenvalue weighted by Crippen LogP contribution is 2.12. The van der Waals surface area contributed by atoms with E-state index in [1.165, 1.54) is 12.8 Å².